The van der Waals surface area contributed by atoms with Crippen LogP contribution in [0.2, 0.25) is 0 Å². The molecule has 1 aromatic rings. The van der Waals surface area contributed by atoms with Gasteiger partial charge in [-0.3, -0.25) is 0 Å². The van der Waals surface area contributed by atoms with Crippen LogP contribution in [0.4, 0.5) is 0 Å². The smallest absolute Gasteiger partial charge is 0.122 e. The average molecular weight is 310 g/mol. The van der Waals surface area contributed by atoms with Crippen molar-refractivity contribution in [3.05, 3.63) is 24.3 Å². The lowest BCUT2D eigenvalue weighted by molar-refractivity contribution is 0.269. The highest BCUT2D eigenvalue weighted by atomic mass is 16.5. The molecular weight excluding hydrogens is 280 g/mol. The molecule has 4 heteroatoms. The summed E-state index contributed by atoms with van der Waals surface area (Å²) in [6, 6.07) is 7.77. The molecule has 0 aromatic heterocycles. The Bertz CT molecular complexity index is 337. The molecule has 0 atom stereocenters. The highest BCUT2D eigenvalue weighted by molar-refractivity contribution is 5.32. The van der Waals surface area contributed by atoms with Gasteiger partial charge >= 0.3 is 0 Å². The van der Waals surface area contributed by atoms with E-state index in [4.69, 9.17) is 19.7 Å². The van der Waals surface area contributed by atoms with Gasteiger partial charge in [0.25, 0.3) is 0 Å². The predicted octanol–water partition coefficient (Wildman–Crippen LogP) is 3.55. The molecule has 2 N–H and O–H groups in total. The Morgan fingerprint density at radius 1 is 0.636 bits per heavy atom. The Morgan fingerprint density at radius 3 is 1.55 bits per heavy atom. The molecule has 0 aliphatic carbocycles. The fourth-order valence-corrected chi connectivity index (χ4v) is 2.17. The lowest BCUT2D eigenvalue weighted by Gasteiger charge is -2.09. The van der Waals surface area contributed by atoms with Crippen molar-refractivity contribution in [3.8, 4) is 11.5 Å². The van der Waals surface area contributed by atoms with Gasteiger partial charge in [0.2, 0.25) is 0 Å². The van der Waals surface area contributed by atoms with Gasteiger partial charge in [-0.05, 0) is 50.7 Å². The predicted molar refractivity (Wildman–Crippen MR) is 88.5 cm³/mol. The maximum atomic E-state index is 8.71. The maximum Gasteiger partial charge on any atom is 0.122 e. The van der Waals surface area contributed by atoms with Crippen LogP contribution in [0.3, 0.4) is 0 Å². The van der Waals surface area contributed by atoms with Gasteiger partial charge < -0.3 is 19.7 Å². The molecule has 0 fully saturated rings. The summed E-state index contributed by atoms with van der Waals surface area (Å²) in [6.45, 7) is 1.96. The molecule has 1 aromatic carbocycles. The first-order valence-corrected chi connectivity index (χ1v) is 8.44. The van der Waals surface area contributed by atoms with Crippen molar-refractivity contribution in [1.82, 2.24) is 0 Å². The minimum absolute atomic E-state index is 0.278. The van der Waals surface area contributed by atoms with E-state index in [-0.39, 0.29) is 13.2 Å². The third kappa shape index (κ3) is 9.64. The second-order valence-electron chi connectivity index (χ2n) is 5.45. The summed E-state index contributed by atoms with van der Waals surface area (Å²) in [5, 5.41) is 17.4. The number of ether oxygens (including phenoxy) is 2. The van der Waals surface area contributed by atoms with Crippen LogP contribution < -0.4 is 9.47 Å². The summed E-state index contributed by atoms with van der Waals surface area (Å²) >= 11 is 0. The van der Waals surface area contributed by atoms with Gasteiger partial charge in [-0.1, -0.05) is 18.9 Å². The highest BCUT2D eigenvalue weighted by Crippen LogP contribution is 2.20. The Labute approximate surface area is 134 Å². The van der Waals surface area contributed by atoms with Gasteiger partial charge in [0.15, 0.2) is 0 Å². The molecule has 0 unspecified atom stereocenters. The number of benzene rings is 1. The summed E-state index contributed by atoms with van der Waals surface area (Å²) in [5.41, 5.74) is 0. The molecule has 22 heavy (non-hydrogen) atoms. The van der Waals surface area contributed by atoms with E-state index in [1.165, 1.54) is 0 Å². The van der Waals surface area contributed by atoms with Crippen LogP contribution in [-0.2, 0) is 0 Å². The number of hydrogen-bond donors (Lipinski definition) is 2. The van der Waals surface area contributed by atoms with Crippen LogP contribution >= 0.6 is 0 Å². The zero-order valence-corrected chi connectivity index (χ0v) is 13.5. The van der Waals surface area contributed by atoms with E-state index in [0.717, 1.165) is 62.9 Å². The normalized spacial score (nSPS) is 10.6. The summed E-state index contributed by atoms with van der Waals surface area (Å²) in [7, 11) is 0. The number of rotatable bonds is 14. The van der Waals surface area contributed by atoms with E-state index in [1.54, 1.807) is 0 Å². The van der Waals surface area contributed by atoms with Crippen molar-refractivity contribution in [3.63, 3.8) is 0 Å². The van der Waals surface area contributed by atoms with Crippen molar-refractivity contribution in [2.75, 3.05) is 26.4 Å². The highest BCUT2D eigenvalue weighted by Gasteiger charge is 1.99. The van der Waals surface area contributed by atoms with Gasteiger partial charge in [-0.25, -0.2) is 0 Å². The largest absolute Gasteiger partial charge is 0.493 e. The van der Waals surface area contributed by atoms with E-state index in [2.05, 4.69) is 0 Å². The van der Waals surface area contributed by atoms with Crippen LogP contribution in [-0.4, -0.2) is 36.6 Å². The fourth-order valence-electron chi connectivity index (χ4n) is 2.17. The van der Waals surface area contributed by atoms with E-state index < -0.39 is 0 Å². The summed E-state index contributed by atoms with van der Waals surface area (Å²) in [4.78, 5) is 0. The van der Waals surface area contributed by atoms with E-state index in [0.29, 0.717) is 13.2 Å². The molecule has 0 aliphatic heterocycles. The van der Waals surface area contributed by atoms with E-state index in [1.807, 2.05) is 24.3 Å². The second kappa shape index (κ2) is 13.4. The SMILES string of the molecule is OCCCCCCOc1cccc(OCCCCCCO)c1. The summed E-state index contributed by atoms with van der Waals surface area (Å²) in [6.07, 6.45) is 8.06. The molecule has 0 aliphatic rings. The van der Waals surface area contributed by atoms with Crippen LogP contribution in [0.15, 0.2) is 24.3 Å². The lowest BCUT2D eigenvalue weighted by atomic mass is 10.2. The first kappa shape index (κ1) is 18.8. The van der Waals surface area contributed by atoms with Crippen molar-refractivity contribution in [1.29, 1.82) is 0 Å². The molecule has 126 valence electrons. The molecule has 0 heterocycles. The zero-order chi connectivity index (χ0) is 15.9. The van der Waals surface area contributed by atoms with Gasteiger partial charge in [-0.2, -0.15) is 0 Å². The van der Waals surface area contributed by atoms with Gasteiger partial charge in [0.05, 0.1) is 13.2 Å². The van der Waals surface area contributed by atoms with Crippen molar-refractivity contribution >= 4 is 0 Å². The number of aliphatic hydroxyl groups excluding tert-OH is 2. The molecule has 4 nitrogen and oxygen atoms in total. The van der Waals surface area contributed by atoms with Gasteiger partial charge in [0, 0.05) is 19.3 Å². The van der Waals surface area contributed by atoms with Crippen LogP contribution in [0.25, 0.3) is 0 Å². The topological polar surface area (TPSA) is 58.9 Å². The van der Waals surface area contributed by atoms with Crippen LogP contribution in [0, 0.1) is 0 Å². The van der Waals surface area contributed by atoms with E-state index >= 15 is 0 Å². The molecule has 0 bridgehead atoms. The number of hydrogen-bond acceptors (Lipinski definition) is 4. The third-order valence-corrected chi connectivity index (χ3v) is 3.45. The Morgan fingerprint density at radius 2 is 1.09 bits per heavy atom. The number of aliphatic hydroxyl groups is 2. The Hall–Kier alpha value is -1.26. The Kier molecular flexibility index (Phi) is 11.4. The molecule has 0 radical (unpaired) electrons. The molecule has 0 saturated carbocycles. The molecular formula is C18H30O4. The van der Waals surface area contributed by atoms with Crippen LogP contribution in [0.5, 0.6) is 11.5 Å². The number of unbranched alkanes of at least 4 members (excludes halogenated alkanes) is 6. The first-order valence-electron chi connectivity index (χ1n) is 8.44. The van der Waals surface area contributed by atoms with Crippen molar-refractivity contribution in [2.45, 2.75) is 51.4 Å². The molecule has 1 rings (SSSR count). The quantitative estimate of drug-likeness (QED) is 0.516. The second-order valence-corrected chi connectivity index (χ2v) is 5.45. The lowest BCUT2D eigenvalue weighted by Crippen LogP contribution is -2.00. The summed E-state index contributed by atoms with van der Waals surface area (Å²) in [5.74, 6) is 1.69. The van der Waals surface area contributed by atoms with Gasteiger partial charge in [-0.15, -0.1) is 0 Å². The van der Waals surface area contributed by atoms with Gasteiger partial charge in [0.1, 0.15) is 11.5 Å². The standard InChI is InChI=1S/C18H30O4/c19-12-5-1-3-7-14-21-17-10-9-11-18(16-17)22-15-8-4-2-6-13-20/h9-11,16,19-20H,1-8,12-15H2. The maximum absolute atomic E-state index is 8.71. The first-order chi connectivity index (χ1) is 10.9. The zero-order valence-electron chi connectivity index (χ0n) is 13.5. The van der Waals surface area contributed by atoms with Crippen molar-refractivity contribution < 1.29 is 19.7 Å². The minimum atomic E-state index is 0.278. The Balaban J connectivity index is 2.13. The minimum Gasteiger partial charge on any atom is -0.493 e. The van der Waals surface area contributed by atoms with Crippen LogP contribution in [0.1, 0.15) is 51.4 Å². The fraction of sp³-hybridized carbons (Fsp3) is 0.667. The average Bonchev–Trinajstić information content (AvgIpc) is 2.54. The third-order valence-electron chi connectivity index (χ3n) is 3.45. The monoisotopic (exact) mass is 310 g/mol. The van der Waals surface area contributed by atoms with Crippen molar-refractivity contribution in [2.24, 2.45) is 0 Å². The van der Waals surface area contributed by atoms with E-state index in [9.17, 15) is 0 Å². The molecule has 0 saturated heterocycles. The summed E-state index contributed by atoms with van der Waals surface area (Å²) < 4.78 is 11.4. The molecule has 0 spiro atoms. The molecule has 0 amide bonds.